The number of hydrogen-bond acceptors (Lipinski definition) is 4. The van der Waals surface area contributed by atoms with E-state index in [9.17, 15) is 4.79 Å². The number of carbonyl (C=O) groups excluding carboxylic acids is 1. The van der Waals surface area contributed by atoms with Gasteiger partial charge in [0, 0.05) is 18.5 Å². The molecule has 0 bridgehead atoms. The second kappa shape index (κ2) is 5.86. The summed E-state index contributed by atoms with van der Waals surface area (Å²) < 4.78 is 3.55. The zero-order valence-corrected chi connectivity index (χ0v) is 15.0. The van der Waals surface area contributed by atoms with E-state index in [1.165, 1.54) is 11.3 Å². The Bertz CT molecular complexity index is 1070. The van der Waals surface area contributed by atoms with Gasteiger partial charge in [-0.25, -0.2) is 4.68 Å². The van der Waals surface area contributed by atoms with Crippen LogP contribution in [0.4, 0.5) is 5.82 Å². The third kappa shape index (κ3) is 2.72. The molecule has 0 radical (unpaired) electrons. The maximum atomic E-state index is 12.6. The number of nitrogens with zero attached hydrogens (tertiary/aromatic N) is 4. The van der Waals surface area contributed by atoms with Gasteiger partial charge < -0.3 is 5.32 Å². The summed E-state index contributed by atoms with van der Waals surface area (Å²) in [5.74, 6) is 0.546. The van der Waals surface area contributed by atoms with E-state index in [-0.39, 0.29) is 5.91 Å². The molecule has 1 aromatic carbocycles. The minimum Gasteiger partial charge on any atom is -0.306 e. The van der Waals surface area contributed by atoms with Gasteiger partial charge in [-0.2, -0.15) is 10.2 Å². The summed E-state index contributed by atoms with van der Waals surface area (Å²) in [7, 11) is 1.81. The molecule has 4 aromatic rings. The van der Waals surface area contributed by atoms with Crippen molar-refractivity contribution in [2.45, 2.75) is 13.8 Å². The standard InChI is InChI=1S/C18H17N5OS/c1-11-9-16(22(3)20-11)19-17(24)15-10-14-12(2)21-23(18(14)25-15)13-7-5-4-6-8-13/h4-10H,1-3H3,(H,19,24). The lowest BCUT2D eigenvalue weighted by molar-refractivity contribution is 0.102. The van der Waals surface area contributed by atoms with Crippen LogP contribution in [0.25, 0.3) is 15.9 Å². The van der Waals surface area contributed by atoms with Gasteiger partial charge in [-0.1, -0.05) is 18.2 Å². The first-order chi connectivity index (χ1) is 12.0. The SMILES string of the molecule is Cc1cc(NC(=O)c2cc3c(C)nn(-c4ccccc4)c3s2)n(C)n1. The van der Waals surface area contributed by atoms with Crippen LogP contribution < -0.4 is 5.32 Å². The van der Waals surface area contributed by atoms with Gasteiger partial charge in [0.15, 0.2) is 0 Å². The van der Waals surface area contributed by atoms with Crippen molar-refractivity contribution >= 4 is 33.3 Å². The Hall–Kier alpha value is -2.93. The molecule has 3 heterocycles. The highest BCUT2D eigenvalue weighted by Gasteiger charge is 2.18. The quantitative estimate of drug-likeness (QED) is 0.612. The summed E-state index contributed by atoms with van der Waals surface area (Å²) >= 11 is 1.44. The lowest BCUT2D eigenvalue weighted by atomic mass is 10.3. The summed E-state index contributed by atoms with van der Waals surface area (Å²) in [5.41, 5.74) is 2.76. The van der Waals surface area contributed by atoms with Crippen LogP contribution in [0.2, 0.25) is 0 Å². The number of para-hydroxylation sites is 1. The maximum absolute atomic E-state index is 12.6. The summed E-state index contributed by atoms with van der Waals surface area (Å²) in [5, 5.41) is 12.8. The van der Waals surface area contributed by atoms with E-state index < -0.39 is 0 Å². The Morgan fingerprint density at radius 3 is 2.56 bits per heavy atom. The van der Waals surface area contributed by atoms with E-state index in [2.05, 4.69) is 15.5 Å². The van der Waals surface area contributed by atoms with Gasteiger partial charge in [0.2, 0.25) is 0 Å². The molecule has 0 aliphatic heterocycles. The molecule has 0 saturated carbocycles. The molecular formula is C18H17N5OS. The number of aromatic nitrogens is 4. The number of rotatable bonds is 3. The number of nitrogens with one attached hydrogen (secondary N) is 1. The van der Waals surface area contributed by atoms with Crippen molar-refractivity contribution in [3.8, 4) is 5.69 Å². The fraction of sp³-hybridized carbons (Fsp3) is 0.167. The molecule has 0 atom stereocenters. The van der Waals surface area contributed by atoms with Crippen LogP contribution in [-0.2, 0) is 7.05 Å². The minimum absolute atomic E-state index is 0.136. The Balaban J connectivity index is 1.72. The molecule has 4 rings (SSSR count). The lowest BCUT2D eigenvalue weighted by Gasteiger charge is -2.03. The molecule has 0 aliphatic rings. The van der Waals surface area contributed by atoms with Gasteiger partial charge in [0.05, 0.1) is 22.0 Å². The maximum Gasteiger partial charge on any atom is 0.266 e. The molecule has 0 fully saturated rings. The molecule has 1 amide bonds. The van der Waals surface area contributed by atoms with Crippen molar-refractivity contribution in [2.24, 2.45) is 7.05 Å². The van der Waals surface area contributed by atoms with Gasteiger partial charge in [-0.3, -0.25) is 9.48 Å². The zero-order valence-electron chi connectivity index (χ0n) is 14.1. The molecule has 0 saturated heterocycles. The summed E-state index contributed by atoms with van der Waals surface area (Å²) in [6, 6.07) is 13.7. The number of hydrogen-bond donors (Lipinski definition) is 1. The topological polar surface area (TPSA) is 64.7 Å². The molecule has 7 heteroatoms. The Kier molecular flexibility index (Phi) is 3.65. The molecular weight excluding hydrogens is 334 g/mol. The second-order valence-electron chi connectivity index (χ2n) is 5.91. The third-order valence-electron chi connectivity index (χ3n) is 4.01. The van der Waals surface area contributed by atoms with Gasteiger partial charge in [-0.05, 0) is 32.0 Å². The number of benzene rings is 1. The lowest BCUT2D eigenvalue weighted by Crippen LogP contribution is -2.13. The van der Waals surface area contributed by atoms with Crippen molar-refractivity contribution in [1.29, 1.82) is 0 Å². The average Bonchev–Trinajstić information content (AvgIpc) is 3.24. The molecule has 0 unspecified atom stereocenters. The summed E-state index contributed by atoms with van der Waals surface area (Å²) in [4.78, 5) is 14.3. The van der Waals surface area contributed by atoms with Crippen molar-refractivity contribution in [2.75, 3.05) is 5.32 Å². The van der Waals surface area contributed by atoms with Crippen LogP contribution in [0.3, 0.4) is 0 Å². The predicted octanol–water partition coefficient (Wildman–Crippen LogP) is 3.69. The number of amides is 1. The highest BCUT2D eigenvalue weighted by Crippen LogP contribution is 2.30. The third-order valence-corrected chi connectivity index (χ3v) is 5.12. The molecule has 3 aromatic heterocycles. The fourth-order valence-corrected chi connectivity index (χ4v) is 3.89. The van der Waals surface area contributed by atoms with Crippen LogP contribution in [0.1, 0.15) is 21.1 Å². The van der Waals surface area contributed by atoms with E-state index in [4.69, 9.17) is 0 Å². The van der Waals surface area contributed by atoms with Crippen molar-refractivity contribution < 1.29 is 4.79 Å². The molecule has 25 heavy (non-hydrogen) atoms. The molecule has 0 spiro atoms. The number of anilines is 1. The van der Waals surface area contributed by atoms with Crippen molar-refractivity contribution in [3.63, 3.8) is 0 Å². The second-order valence-corrected chi connectivity index (χ2v) is 6.94. The predicted molar refractivity (Wildman–Crippen MR) is 99.6 cm³/mol. The van der Waals surface area contributed by atoms with Gasteiger partial charge >= 0.3 is 0 Å². The number of thiophene rings is 1. The monoisotopic (exact) mass is 351 g/mol. The van der Waals surface area contributed by atoms with Gasteiger partial charge in [0.1, 0.15) is 10.6 Å². The van der Waals surface area contributed by atoms with Gasteiger partial charge in [0.25, 0.3) is 5.91 Å². The van der Waals surface area contributed by atoms with Crippen LogP contribution in [-0.4, -0.2) is 25.5 Å². The highest BCUT2D eigenvalue weighted by molar-refractivity contribution is 7.20. The van der Waals surface area contributed by atoms with Crippen LogP contribution in [0.5, 0.6) is 0 Å². The van der Waals surface area contributed by atoms with Crippen LogP contribution in [0, 0.1) is 13.8 Å². The first-order valence-corrected chi connectivity index (χ1v) is 8.71. The average molecular weight is 351 g/mol. The fourth-order valence-electron chi connectivity index (χ4n) is 2.81. The Morgan fingerprint density at radius 1 is 1.12 bits per heavy atom. The largest absolute Gasteiger partial charge is 0.306 e. The normalized spacial score (nSPS) is 11.2. The number of fused-ring (bicyclic) bond motifs is 1. The first-order valence-electron chi connectivity index (χ1n) is 7.89. The first kappa shape index (κ1) is 15.6. The number of aryl methyl sites for hydroxylation is 3. The zero-order chi connectivity index (χ0) is 17.6. The molecule has 1 N–H and O–H groups in total. The van der Waals surface area contributed by atoms with E-state index >= 15 is 0 Å². The summed E-state index contributed by atoms with van der Waals surface area (Å²) in [6.45, 7) is 3.85. The van der Waals surface area contributed by atoms with E-state index in [0.717, 1.165) is 27.3 Å². The van der Waals surface area contributed by atoms with Crippen LogP contribution in [0.15, 0.2) is 42.5 Å². The Labute approximate surface area is 148 Å². The van der Waals surface area contributed by atoms with E-state index in [0.29, 0.717) is 10.7 Å². The van der Waals surface area contributed by atoms with Crippen molar-refractivity contribution in [1.82, 2.24) is 19.6 Å². The molecule has 6 nitrogen and oxygen atoms in total. The van der Waals surface area contributed by atoms with Gasteiger partial charge in [-0.15, -0.1) is 11.3 Å². The molecule has 0 aliphatic carbocycles. The van der Waals surface area contributed by atoms with Crippen LogP contribution >= 0.6 is 11.3 Å². The molecule has 126 valence electrons. The highest BCUT2D eigenvalue weighted by atomic mass is 32.1. The smallest absolute Gasteiger partial charge is 0.266 e. The van der Waals surface area contributed by atoms with E-state index in [1.807, 2.05) is 68.0 Å². The minimum atomic E-state index is -0.136. The van der Waals surface area contributed by atoms with Crippen molar-refractivity contribution in [3.05, 3.63) is 58.7 Å². The number of carbonyl (C=O) groups is 1. The van der Waals surface area contributed by atoms with E-state index in [1.54, 1.807) is 4.68 Å². The summed E-state index contributed by atoms with van der Waals surface area (Å²) in [6.07, 6.45) is 0. The Morgan fingerprint density at radius 2 is 1.88 bits per heavy atom.